The number of nitro groups is 1. The van der Waals surface area contributed by atoms with Crippen molar-refractivity contribution in [3.05, 3.63) is 15.8 Å². The van der Waals surface area contributed by atoms with Crippen LogP contribution in [-0.2, 0) is 7.05 Å². The number of aryl methyl sites for hydroxylation is 2. The Balaban J connectivity index is 3.21. The Kier molecular flexibility index (Phi) is 4.87. The van der Waals surface area contributed by atoms with E-state index in [9.17, 15) is 10.1 Å². The number of hydrogen-bond donors (Lipinski definition) is 0. The maximum absolute atomic E-state index is 11.2. The first-order valence-corrected chi connectivity index (χ1v) is 6.18. The molecule has 0 saturated carbocycles. The number of aromatic nitrogens is 2. The molecule has 0 saturated heterocycles. The van der Waals surface area contributed by atoms with Crippen LogP contribution in [-0.4, -0.2) is 27.8 Å². The lowest BCUT2D eigenvalue weighted by atomic mass is 10.2. The quantitative estimate of drug-likeness (QED) is 0.580. The molecule has 1 aromatic rings. The summed E-state index contributed by atoms with van der Waals surface area (Å²) in [5.74, 6) is 0.819. The Bertz CT molecular complexity index is 501. The third-order valence-electron chi connectivity index (χ3n) is 2.72. The van der Waals surface area contributed by atoms with E-state index in [2.05, 4.69) is 11.2 Å². The molecule has 1 rings (SSSR count). The highest BCUT2D eigenvalue weighted by Gasteiger charge is 2.28. The van der Waals surface area contributed by atoms with E-state index >= 15 is 0 Å². The van der Waals surface area contributed by atoms with Gasteiger partial charge in [-0.3, -0.25) is 10.1 Å². The molecule has 0 bridgehead atoms. The maximum Gasteiger partial charge on any atom is 0.333 e. The van der Waals surface area contributed by atoms with Gasteiger partial charge < -0.3 is 4.90 Å². The van der Waals surface area contributed by atoms with Crippen molar-refractivity contribution in [2.75, 3.05) is 18.0 Å². The third-order valence-corrected chi connectivity index (χ3v) is 2.72. The summed E-state index contributed by atoms with van der Waals surface area (Å²) >= 11 is 0. The fourth-order valence-electron chi connectivity index (χ4n) is 2.11. The lowest BCUT2D eigenvalue weighted by Gasteiger charge is -2.24. The zero-order chi connectivity index (χ0) is 14.6. The van der Waals surface area contributed by atoms with Crippen LogP contribution in [0.2, 0.25) is 0 Å². The van der Waals surface area contributed by atoms with Gasteiger partial charge in [-0.1, -0.05) is 13.8 Å². The van der Waals surface area contributed by atoms with E-state index in [4.69, 9.17) is 5.26 Å². The predicted octanol–water partition coefficient (Wildman–Crippen LogP) is 2.01. The number of rotatable bonds is 6. The van der Waals surface area contributed by atoms with Crippen molar-refractivity contribution < 1.29 is 4.92 Å². The molecule has 0 fully saturated rings. The summed E-state index contributed by atoms with van der Waals surface area (Å²) in [4.78, 5) is 12.6. The first-order valence-electron chi connectivity index (χ1n) is 6.18. The Morgan fingerprint density at radius 1 is 1.58 bits per heavy atom. The average Bonchev–Trinajstić information content (AvgIpc) is 2.59. The van der Waals surface area contributed by atoms with Crippen LogP contribution in [0, 0.1) is 34.3 Å². The second kappa shape index (κ2) is 6.18. The van der Waals surface area contributed by atoms with E-state index in [1.54, 1.807) is 14.0 Å². The molecule has 1 heterocycles. The van der Waals surface area contributed by atoms with Gasteiger partial charge in [-0.05, 0) is 12.8 Å². The molecule has 0 radical (unpaired) electrons. The van der Waals surface area contributed by atoms with Gasteiger partial charge in [0, 0.05) is 20.1 Å². The minimum absolute atomic E-state index is 0.0288. The second-order valence-corrected chi connectivity index (χ2v) is 4.89. The van der Waals surface area contributed by atoms with Gasteiger partial charge in [0.15, 0.2) is 0 Å². The van der Waals surface area contributed by atoms with Crippen LogP contribution >= 0.6 is 0 Å². The Morgan fingerprint density at radius 3 is 2.68 bits per heavy atom. The summed E-state index contributed by atoms with van der Waals surface area (Å²) in [7, 11) is 1.69. The molecule has 7 nitrogen and oxygen atoms in total. The molecule has 19 heavy (non-hydrogen) atoms. The SMILES string of the molecule is Cc1nn(C)c(N(CCC#N)CC(C)C)c1[N+](=O)[O-]. The van der Waals surface area contributed by atoms with Crippen molar-refractivity contribution in [2.45, 2.75) is 27.2 Å². The summed E-state index contributed by atoms with van der Waals surface area (Å²) in [5.41, 5.74) is 0.425. The van der Waals surface area contributed by atoms with Gasteiger partial charge in [0.05, 0.1) is 17.4 Å². The Labute approximate surface area is 112 Å². The standard InChI is InChI=1S/C12H19N5O2/c1-9(2)8-16(7-5-6-13)12-11(17(18)19)10(3)14-15(12)4/h9H,5,7-8H2,1-4H3. The normalized spacial score (nSPS) is 10.5. The van der Waals surface area contributed by atoms with E-state index in [-0.39, 0.29) is 5.69 Å². The summed E-state index contributed by atoms with van der Waals surface area (Å²) in [6.07, 6.45) is 0.327. The molecule has 104 valence electrons. The minimum atomic E-state index is -0.405. The molecule has 0 aromatic carbocycles. The molecule has 0 atom stereocenters. The van der Waals surface area contributed by atoms with E-state index in [1.807, 2.05) is 18.7 Å². The van der Waals surface area contributed by atoms with Crippen LogP contribution in [0.1, 0.15) is 26.0 Å². The van der Waals surface area contributed by atoms with Gasteiger partial charge in [0.2, 0.25) is 5.82 Å². The van der Waals surface area contributed by atoms with E-state index in [1.165, 1.54) is 4.68 Å². The Morgan fingerprint density at radius 2 is 2.21 bits per heavy atom. The zero-order valence-corrected chi connectivity index (χ0v) is 11.8. The van der Waals surface area contributed by atoms with Crippen molar-refractivity contribution >= 4 is 11.5 Å². The fourth-order valence-corrected chi connectivity index (χ4v) is 2.11. The summed E-state index contributed by atoms with van der Waals surface area (Å²) in [5, 5.41) is 24.0. The van der Waals surface area contributed by atoms with Gasteiger partial charge in [0.25, 0.3) is 0 Å². The fraction of sp³-hybridized carbons (Fsp3) is 0.667. The lowest BCUT2D eigenvalue weighted by Crippen LogP contribution is -2.30. The smallest absolute Gasteiger partial charge is 0.333 e. The van der Waals surface area contributed by atoms with E-state index < -0.39 is 4.92 Å². The monoisotopic (exact) mass is 265 g/mol. The molecule has 0 unspecified atom stereocenters. The van der Waals surface area contributed by atoms with Crippen molar-refractivity contribution in [1.82, 2.24) is 9.78 Å². The molecular formula is C12H19N5O2. The molecule has 0 aliphatic carbocycles. The van der Waals surface area contributed by atoms with Crippen molar-refractivity contribution in [2.24, 2.45) is 13.0 Å². The van der Waals surface area contributed by atoms with Crippen LogP contribution in [0.4, 0.5) is 11.5 Å². The topological polar surface area (TPSA) is 88.0 Å². The summed E-state index contributed by atoms with van der Waals surface area (Å²) in [6, 6.07) is 2.07. The van der Waals surface area contributed by atoms with Crippen LogP contribution in [0.25, 0.3) is 0 Å². The largest absolute Gasteiger partial charge is 0.350 e. The van der Waals surface area contributed by atoms with Gasteiger partial charge in [-0.25, -0.2) is 4.68 Å². The van der Waals surface area contributed by atoms with Crippen LogP contribution in [0.5, 0.6) is 0 Å². The molecule has 7 heteroatoms. The third kappa shape index (κ3) is 3.44. The number of hydrogen-bond acceptors (Lipinski definition) is 5. The Hall–Kier alpha value is -2.10. The highest BCUT2D eigenvalue weighted by Crippen LogP contribution is 2.31. The van der Waals surface area contributed by atoms with E-state index in [0.29, 0.717) is 36.9 Å². The van der Waals surface area contributed by atoms with Gasteiger partial charge in [-0.2, -0.15) is 10.4 Å². The summed E-state index contributed by atoms with van der Waals surface area (Å²) in [6.45, 7) is 6.82. The number of nitriles is 1. The molecule has 0 aliphatic heterocycles. The second-order valence-electron chi connectivity index (χ2n) is 4.89. The van der Waals surface area contributed by atoms with Crippen LogP contribution < -0.4 is 4.90 Å². The predicted molar refractivity (Wildman–Crippen MR) is 71.9 cm³/mol. The highest BCUT2D eigenvalue weighted by atomic mass is 16.6. The molecule has 1 aromatic heterocycles. The zero-order valence-electron chi connectivity index (χ0n) is 11.8. The highest BCUT2D eigenvalue weighted by molar-refractivity contribution is 5.61. The van der Waals surface area contributed by atoms with Crippen LogP contribution in [0.15, 0.2) is 0 Å². The first-order chi connectivity index (χ1) is 8.88. The van der Waals surface area contributed by atoms with Gasteiger partial charge in [-0.15, -0.1) is 0 Å². The lowest BCUT2D eigenvalue weighted by molar-refractivity contribution is -0.384. The van der Waals surface area contributed by atoms with Crippen LogP contribution in [0.3, 0.4) is 0 Å². The minimum Gasteiger partial charge on any atom is -0.350 e. The van der Waals surface area contributed by atoms with Crippen molar-refractivity contribution in [3.63, 3.8) is 0 Å². The van der Waals surface area contributed by atoms with E-state index in [0.717, 1.165) is 0 Å². The van der Waals surface area contributed by atoms with Gasteiger partial charge >= 0.3 is 5.69 Å². The van der Waals surface area contributed by atoms with Crippen molar-refractivity contribution in [3.8, 4) is 6.07 Å². The average molecular weight is 265 g/mol. The molecule has 0 aliphatic rings. The molecule has 0 spiro atoms. The summed E-state index contributed by atoms with van der Waals surface area (Å²) < 4.78 is 1.52. The molecule has 0 N–H and O–H groups in total. The van der Waals surface area contributed by atoms with Crippen molar-refractivity contribution in [1.29, 1.82) is 5.26 Å². The first kappa shape index (κ1) is 15.0. The molecular weight excluding hydrogens is 246 g/mol. The number of nitrogens with zero attached hydrogens (tertiary/aromatic N) is 5. The van der Waals surface area contributed by atoms with Gasteiger partial charge in [0.1, 0.15) is 5.69 Å². The number of anilines is 1. The maximum atomic E-state index is 11.2. The molecule has 0 amide bonds.